The fourth-order valence-corrected chi connectivity index (χ4v) is 4.72. The molecule has 1 heterocycles. The van der Waals surface area contributed by atoms with Crippen LogP contribution in [0.25, 0.3) is 0 Å². The van der Waals surface area contributed by atoms with Gasteiger partial charge in [-0.25, -0.2) is 13.2 Å². The number of thiophene rings is 1. The maximum Gasteiger partial charge on any atom is 0.349 e. The minimum absolute atomic E-state index is 0.0384. The summed E-state index contributed by atoms with van der Waals surface area (Å²) in [5.74, 6) is -1.97. The minimum atomic E-state index is -4.01. The lowest BCUT2D eigenvalue weighted by molar-refractivity contribution is -0.137. The van der Waals surface area contributed by atoms with Gasteiger partial charge in [0, 0.05) is 6.04 Å². The van der Waals surface area contributed by atoms with Crippen LogP contribution < -0.4 is 0 Å². The molecular weight excluding hydrogens is 306 g/mol. The van der Waals surface area contributed by atoms with Gasteiger partial charge < -0.3 is 9.84 Å². The molecule has 0 amide bonds. The Morgan fingerprint density at radius 3 is 2.65 bits per heavy atom. The quantitative estimate of drug-likeness (QED) is 0.777. The van der Waals surface area contributed by atoms with Crippen molar-refractivity contribution in [3.63, 3.8) is 0 Å². The van der Waals surface area contributed by atoms with Gasteiger partial charge in [0.2, 0.25) is 10.0 Å². The van der Waals surface area contributed by atoms with Crippen LogP contribution in [0.15, 0.2) is 16.3 Å². The highest BCUT2D eigenvalue weighted by Crippen LogP contribution is 2.34. The first kappa shape index (κ1) is 14.9. The summed E-state index contributed by atoms with van der Waals surface area (Å²) in [6, 6.07) is 0.991. The summed E-state index contributed by atoms with van der Waals surface area (Å²) in [4.78, 5) is 22.2. The number of methoxy groups -OCH3 is 1. The summed E-state index contributed by atoms with van der Waals surface area (Å²) >= 11 is 0.950. The molecule has 0 spiro atoms. The maximum absolute atomic E-state index is 12.5. The lowest BCUT2D eigenvalue weighted by atomic mass is 10.5. The van der Waals surface area contributed by atoms with Crippen LogP contribution in [0.4, 0.5) is 0 Å². The van der Waals surface area contributed by atoms with Crippen molar-refractivity contribution >= 4 is 33.3 Å². The van der Waals surface area contributed by atoms with E-state index >= 15 is 0 Å². The Morgan fingerprint density at radius 1 is 1.50 bits per heavy atom. The third-order valence-corrected chi connectivity index (χ3v) is 5.80. The van der Waals surface area contributed by atoms with E-state index in [0.717, 1.165) is 22.8 Å². The van der Waals surface area contributed by atoms with Crippen molar-refractivity contribution in [2.75, 3.05) is 13.7 Å². The first-order valence-electron chi connectivity index (χ1n) is 5.77. The van der Waals surface area contributed by atoms with E-state index in [0.29, 0.717) is 12.8 Å². The number of carboxylic acids is 1. The molecule has 1 N–H and O–H groups in total. The van der Waals surface area contributed by atoms with Crippen molar-refractivity contribution in [3.05, 3.63) is 16.3 Å². The molecule has 9 heteroatoms. The average Bonchev–Trinajstić information content (AvgIpc) is 3.09. The first-order valence-corrected chi connectivity index (χ1v) is 8.09. The molecular formula is C11H13NO6S2. The van der Waals surface area contributed by atoms with Crippen molar-refractivity contribution in [3.8, 4) is 0 Å². The van der Waals surface area contributed by atoms with Gasteiger partial charge in [-0.1, -0.05) is 0 Å². The second-order valence-electron chi connectivity index (χ2n) is 4.28. The summed E-state index contributed by atoms with van der Waals surface area (Å²) in [5, 5.41) is 10.3. The Kier molecular flexibility index (Phi) is 4.11. The van der Waals surface area contributed by atoms with E-state index in [9.17, 15) is 18.0 Å². The van der Waals surface area contributed by atoms with E-state index in [2.05, 4.69) is 4.74 Å². The maximum atomic E-state index is 12.5. The normalized spacial score (nSPS) is 15.3. The Morgan fingerprint density at radius 2 is 2.15 bits per heavy atom. The molecule has 0 atom stereocenters. The molecule has 1 aliphatic rings. The Bertz CT molecular complexity index is 631. The van der Waals surface area contributed by atoms with E-state index in [1.54, 1.807) is 0 Å². The second kappa shape index (κ2) is 5.51. The highest BCUT2D eigenvalue weighted by atomic mass is 32.2. The van der Waals surface area contributed by atoms with Crippen LogP contribution >= 0.6 is 11.3 Å². The molecule has 110 valence electrons. The monoisotopic (exact) mass is 319 g/mol. The smallest absolute Gasteiger partial charge is 0.349 e. The number of rotatable bonds is 6. The standard InChI is InChI=1S/C11H13NO6S2/c1-18-11(15)10-8(4-5-19-10)20(16,17)12(6-9(13)14)7-2-3-7/h4-5,7H,2-3,6H2,1H3,(H,13,14). The van der Waals surface area contributed by atoms with E-state index in [4.69, 9.17) is 5.11 Å². The van der Waals surface area contributed by atoms with Crippen LogP contribution in [0, 0.1) is 0 Å². The summed E-state index contributed by atoms with van der Waals surface area (Å²) in [5.41, 5.74) is 0. The van der Waals surface area contributed by atoms with Crippen molar-refractivity contribution in [1.82, 2.24) is 4.31 Å². The zero-order valence-corrected chi connectivity index (χ0v) is 12.2. The van der Waals surface area contributed by atoms with Gasteiger partial charge in [-0.15, -0.1) is 11.3 Å². The van der Waals surface area contributed by atoms with Crippen molar-refractivity contribution < 1.29 is 27.9 Å². The number of hydrogen-bond donors (Lipinski definition) is 1. The molecule has 0 aliphatic heterocycles. The van der Waals surface area contributed by atoms with Crippen LogP contribution in [0.3, 0.4) is 0 Å². The van der Waals surface area contributed by atoms with E-state index in [1.807, 2.05) is 0 Å². The SMILES string of the molecule is COC(=O)c1sccc1S(=O)(=O)N(CC(=O)O)C1CC1. The Hall–Kier alpha value is -1.45. The molecule has 2 rings (SSSR count). The number of ether oxygens (including phenoxy) is 1. The highest BCUT2D eigenvalue weighted by molar-refractivity contribution is 7.89. The number of nitrogens with zero attached hydrogens (tertiary/aromatic N) is 1. The summed E-state index contributed by atoms with van der Waals surface area (Å²) in [6.07, 6.45) is 1.26. The van der Waals surface area contributed by atoms with E-state index < -0.39 is 28.5 Å². The van der Waals surface area contributed by atoms with Gasteiger partial charge in [-0.2, -0.15) is 4.31 Å². The van der Waals surface area contributed by atoms with Gasteiger partial charge in [0.05, 0.1) is 7.11 Å². The van der Waals surface area contributed by atoms with Crippen LogP contribution in [-0.4, -0.2) is 49.5 Å². The van der Waals surface area contributed by atoms with Gasteiger partial charge in [-0.3, -0.25) is 4.79 Å². The third kappa shape index (κ3) is 2.84. The molecule has 7 nitrogen and oxygen atoms in total. The third-order valence-electron chi connectivity index (χ3n) is 2.83. The lowest BCUT2D eigenvalue weighted by Crippen LogP contribution is -2.37. The van der Waals surface area contributed by atoms with Gasteiger partial charge in [0.25, 0.3) is 0 Å². The average molecular weight is 319 g/mol. The van der Waals surface area contributed by atoms with Crippen molar-refractivity contribution in [2.24, 2.45) is 0 Å². The number of esters is 1. The van der Waals surface area contributed by atoms with E-state index in [1.165, 1.54) is 11.4 Å². The minimum Gasteiger partial charge on any atom is -0.480 e. The molecule has 0 bridgehead atoms. The largest absolute Gasteiger partial charge is 0.480 e. The van der Waals surface area contributed by atoms with Gasteiger partial charge in [0.1, 0.15) is 16.3 Å². The summed E-state index contributed by atoms with van der Waals surface area (Å²) in [6.45, 7) is -0.608. The van der Waals surface area contributed by atoms with Crippen molar-refractivity contribution in [2.45, 2.75) is 23.8 Å². The van der Waals surface area contributed by atoms with Gasteiger partial charge in [-0.05, 0) is 24.3 Å². The number of carbonyl (C=O) groups is 2. The van der Waals surface area contributed by atoms with Crippen LogP contribution in [0.2, 0.25) is 0 Å². The molecule has 20 heavy (non-hydrogen) atoms. The summed E-state index contributed by atoms with van der Waals surface area (Å²) < 4.78 is 30.5. The number of sulfonamides is 1. The van der Waals surface area contributed by atoms with Crippen LogP contribution in [0.1, 0.15) is 22.5 Å². The zero-order valence-electron chi connectivity index (χ0n) is 10.6. The number of hydrogen-bond acceptors (Lipinski definition) is 6. The number of aliphatic carboxylic acids is 1. The van der Waals surface area contributed by atoms with Crippen LogP contribution in [0.5, 0.6) is 0 Å². The Labute approximate surface area is 119 Å². The Balaban J connectivity index is 2.40. The molecule has 1 aliphatic carbocycles. The molecule has 0 saturated heterocycles. The molecule has 0 aromatic carbocycles. The fourth-order valence-electron chi connectivity index (χ4n) is 1.77. The number of carboxylic acid groups (broad SMARTS) is 1. The van der Waals surface area contributed by atoms with Gasteiger partial charge >= 0.3 is 11.9 Å². The topological polar surface area (TPSA) is 101 Å². The summed E-state index contributed by atoms with van der Waals surface area (Å²) in [7, 11) is -2.85. The lowest BCUT2D eigenvalue weighted by Gasteiger charge is -2.19. The van der Waals surface area contributed by atoms with E-state index in [-0.39, 0.29) is 15.8 Å². The molecule has 1 saturated carbocycles. The first-order chi connectivity index (χ1) is 9.37. The molecule has 1 aromatic rings. The zero-order chi connectivity index (χ0) is 14.9. The predicted octanol–water partition coefficient (Wildman–Crippen LogP) is 0.772. The van der Waals surface area contributed by atoms with Crippen molar-refractivity contribution in [1.29, 1.82) is 0 Å². The molecule has 0 unspecified atom stereocenters. The fraction of sp³-hybridized carbons (Fsp3) is 0.455. The molecule has 1 aromatic heterocycles. The predicted molar refractivity (Wildman–Crippen MR) is 70.2 cm³/mol. The van der Waals surface area contributed by atoms with Gasteiger partial charge in [0.15, 0.2) is 0 Å². The van der Waals surface area contributed by atoms with Crippen LogP contribution in [-0.2, 0) is 19.6 Å². The molecule has 0 radical (unpaired) electrons. The second-order valence-corrected chi connectivity index (χ2v) is 7.06. The molecule has 1 fully saturated rings. The highest BCUT2D eigenvalue weighted by Gasteiger charge is 2.41. The number of carbonyl (C=O) groups excluding carboxylic acids is 1.